The number of halogens is 1. The number of benzene rings is 1. The van der Waals surface area contributed by atoms with Gasteiger partial charge < -0.3 is 10.4 Å². The van der Waals surface area contributed by atoms with Crippen molar-refractivity contribution in [3.05, 3.63) is 35.6 Å². The molecular weight excluding hydrogens is 241 g/mol. The number of hydrogen-bond donors (Lipinski definition) is 2. The van der Waals surface area contributed by atoms with E-state index in [1.165, 1.54) is 12.1 Å². The summed E-state index contributed by atoms with van der Waals surface area (Å²) in [5.74, 6) is 0.932. The van der Waals surface area contributed by atoms with Crippen LogP contribution in [0.5, 0.6) is 0 Å². The average Bonchev–Trinajstić information content (AvgIpc) is 2.34. The number of nitrogens with one attached hydrogen (secondary N) is 1. The van der Waals surface area contributed by atoms with Crippen LogP contribution >= 0.6 is 0 Å². The third-order valence-corrected chi connectivity index (χ3v) is 3.72. The van der Waals surface area contributed by atoms with Gasteiger partial charge in [0, 0.05) is 35.4 Å². The normalized spacial score (nSPS) is 14.5. The topological polar surface area (TPSA) is 49.3 Å². The van der Waals surface area contributed by atoms with Crippen molar-refractivity contribution in [1.29, 1.82) is 0 Å². The first-order valence-corrected chi connectivity index (χ1v) is 7.11. The first kappa shape index (κ1) is 14.3. The van der Waals surface area contributed by atoms with Crippen molar-refractivity contribution in [3.63, 3.8) is 0 Å². The van der Waals surface area contributed by atoms with Gasteiger partial charge in [0.1, 0.15) is 5.82 Å². The van der Waals surface area contributed by atoms with E-state index >= 15 is 0 Å². The summed E-state index contributed by atoms with van der Waals surface area (Å²) >= 11 is 0. The molecule has 0 spiro atoms. The largest absolute Gasteiger partial charge is 0.387 e. The van der Waals surface area contributed by atoms with Gasteiger partial charge in [0.25, 0.3) is 0 Å². The van der Waals surface area contributed by atoms with Crippen LogP contribution in [0.15, 0.2) is 24.3 Å². The number of rotatable bonds is 7. The molecule has 0 fully saturated rings. The highest BCUT2D eigenvalue weighted by Gasteiger charge is 2.06. The van der Waals surface area contributed by atoms with E-state index in [1.54, 1.807) is 12.1 Å². The second-order valence-electron chi connectivity index (χ2n) is 3.70. The molecular formula is C12H18FNO2S. The van der Waals surface area contributed by atoms with E-state index in [4.69, 9.17) is 0 Å². The predicted octanol–water partition coefficient (Wildman–Crippen LogP) is 1.22. The van der Waals surface area contributed by atoms with Crippen molar-refractivity contribution >= 4 is 10.8 Å². The Hall–Kier alpha value is -0.780. The van der Waals surface area contributed by atoms with Crippen LogP contribution in [0, 0.1) is 5.82 Å². The first-order valence-electron chi connectivity index (χ1n) is 5.62. The molecule has 2 unspecified atom stereocenters. The van der Waals surface area contributed by atoms with E-state index in [0.29, 0.717) is 30.2 Å². The van der Waals surface area contributed by atoms with Crippen LogP contribution < -0.4 is 5.32 Å². The van der Waals surface area contributed by atoms with Crippen molar-refractivity contribution in [2.24, 2.45) is 0 Å². The molecule has 1 aromatic rings. The molecule has 0 amide bonds. The predicted molar refractivity (Wildman–Crippen MR) is 67.8 cm³/mol. The summed E-state index contributed by atoms with van der Waals surface area (Å²) in [7, 11) is -0.783. The lowest BCUT2D eigenvalue weighted by Gasteiger charge is -2.11. The second-order valence-corrected chi connectivity index (χ2v) is 5.57. The maximum Gasteiger partial charge on any atom is 0.123 e. The summed E-state index contributed by atoms with van der Waals surface area (Å²) in [6.07, 6.45) is -0.661. The Labute approximate surface area is 104 Å². The second kappa shape index (κ2) is 7.53. The van der Waals surface area contributed by atoms with E-state index in [9.17, 15) is 13.7 Å². The minimum atomic E-state index is -0.783. The van der Waals surface area contributed by atoms with Crippen LogP contribution in [0.1, 0.15) is 18.6 Å². The average molecular weight is 259 g/mol. The minimum absolute atomic E-state index is 0.313. The molecule has 0 aliphatic carbocycles. The molecule has 1 aromatic carbocycles. The van der Waals surface area contributed by atoms with Crippen LogP contribution in [-0.4, -0.2) is 33.9 Å². The van der Waals surface area contributed by atoms with Gasteiger partial charge in [0.15, 0.2) is 0 Å². The van der Waals surface area contributed by atoms with Crippen LogP contribution in [-0.2, 0) is 10.8 Å². The Bertz CT molecular complexity index is 356. The SMILES string of the molecule is CCS(=O)CCNCC(O)c1ccc(F)cc1. The zero-order valence-corrected chi connectivity index (χ0v) is 10.7. The molecule has 5 heteroatoms. The Morgan fingerprint density at radius 3 is 2.65 bits per heavy atom. The summed E-state index contributed by atoms with van der Waals surface area (Å²) in [6, 6.07) is 5.77. The van der Waals surface area contributed by atoms with Crippen molar-refractivity contribution in [2.75, 3.05) is 24.6 Å². The van der Waals surface area contributed by atoms with Gasteiger partial charge in [-0.25, -0.2) is 4.39 Å². The van der Waals surface area contributed by atoms with Gasteiger partial charge in [0.2, 0.25) is 0 Å². The lowest BCUT2D eigenvalue weighted by atomic mass is 10.1. The molecule has 2 atom stereocenters. The van der Waals surface area contributed by atoms with Crippen molar-refractivity contribution in [1.82, 2.24) is 5.32 Å². The molecule has 0 bridgehead atoms. The molecule has 0 saturated heterocycles. The zero-order chi connectivity index (χ0) is 12.7. The molecule has 0 aliphatic rings. The highest BCUT2D eigenvalue weighted by atomic mass is 32.2. The fourth-order valence-corrected chi connectivity index (χ4v) is 2.03. The Kier molecular flexibility index (Phi) is 6.32. The smallest absolute Gasteiger partial charge is 0.123 e. The van der Waals surface area contributed by atoms with Crippen LogP contribution in [0.3, 0.4) is 0 Å². The Morgan fingerprint density at radius 2 is 2.06 bits per heavy atom. The molecule has 2 N–H and O–H groups in total. The fraction of sp³-hybridized carbons (Fsp3) is 0.500. The van der Waals surface area contributed by atoms with Gasteiger partial charge in [-0.15, -0.1) is 0 Å². The van der Waals surface area contributed by atoms with Crippen molar-refractivity contribution in [3.8, 4) is 0 Å². The molecule has 0 heterocycles. The van der Waals surface area contributed by atoms with E-state index in [1.807, 2.05) is 6.92 Å². The third-order valence-electron chi connectivity index (χ3n) is 2.42. The molecule has 0 radical (unpaired) electrons. The summed E-state index contributed by atoms with van der Waals surface area (Å²) in [5, 5.41) is 12.8. The molecule has 17 heavy (non-hydrogen) atoms. The quantitative estimate of drug-likeness (QED) is 0.724. The molecule has 3 nitrogen and oxygen atoms in total. The van der Waals surface area contributed by atoms with Crippen molar-refractivity contribution < 1.29 is 13.7 Å². The lowest BCUT2D eigenvalue weighted by molar-refractivity contribution is 0.175. The van der Waals surface area contributed by atoms with E-state index in [0.717, 1.165) is 0 Å². The van der Waals surface area contributed by atoms with Gasteiger partial charge in [-0.05, 0) is 17.7 Å². The van der Waals surface area contributed by atoms with Crippen LogP contribution in [0.4, 0.5) is 4.39 Å². The van der Waals surface area contributed by atoms with Crippen LogP contribution in [0.2, 0.25) is 0 Å². The van der Waals surface area contributed by atoms with Crippen molar-refractivity contribution in [2.45, 2.75) is 13.0 Å². The first-order chi connectivity index (χ1) is 8.13. The van der Waals surface area contributed by atoms with Gasteiger partial charge >= 0.3 is 0 Å². The summed E-state index contributed by atoms with van der Waals surface area (Å²) < 4.78 is 23.8. The monoisotopic (exact) mass is 259 g/mol. The minimum Gasteiger partial charge on any atom is -0.387 e. The summed E-state index contributed by atoms with van der Waals surface area (Å²) in [6.45, 7) is 2.87. The fourth-order valence-electron chi connectivity index (χ4n) is 1.37. The standard InChI is InChI=1S/C12H18FNO2S/c1-2-17(16)8-7-14-9-12(15)10-3-5-11(13)6-4-10/h3-6,12,14-15H,2,7-9H2,1H3. The summed E-state index contributed by atoms with van der Waals surface area (Å²) in [5.41, 5.74) is 0.676. The zero-order valence-electron chi connectivity index (χ0n) is 9.86. The molecule has 0 saturated carbocycles. The Morgan fingerprint density at radius 1 is 1.41 bits per heavy atom. The van der Waals surface area contributed by atoms with E-state index in [-0.39, 0.29) is 5.82 Å². The van der Waals surface area contributed by atoms with Crippen LogP contribution in [0.25, 0.3) is 0 Å². The van der Waals surface area contributed by atoms with E-state index < -0.39 is 16.9 Å². The number of hydrogen-bond acceptors (Lipinski definition) is 3. The lowest BCUT2D eigenvalue weighted by Crippen LogP contribution is -2.26. The molecule has 1 rings (SSSR count). The highest BCUT2D eigenvalue weighted by molar-refractivity contribution is 7.84. The van der Waals surface area contributed by atoms with E-state index in [2.05, 4.69) is 5.32 Å². The maximum absolute atomic E-state index is 12.7. The maximum atomic E-state index is 12.7. The van der Waals surface area contributed by atoms with Gasteiger partial charge in [0.05, 0.1) is 6.10 Å². The molecule has 0 aliphatic heterocycles. The highest BCUT2D eigenvalue weighted by Crippen LogP contribution is 2.12. The Balaban J connectivity index is 2.27. The van der Waals surface area contributed by atoms with Gasteiger partial charge in [-0.1, -0.05) is 19.1 Å². The number of aliphatic hydroxyl groups is 1. The number of aliphatic hydroxyl groups excluding tert-OH is 1. The van der Waals surface area contributed by atoms with Gasteiger partial charge in [-0.3, -0.25) is 4.21 Å². The molecule has 96 valence electrons. The summed E-state index contributed by atoms with van der Waals surface area (Å²) in [4.78, 5) is 0. The molecule has 0 aromatic heterocycles. The van der Waals surface area contributed by atoms with Gasteiger partial charge in [-0.2, -0.15) is 0 Å². The third kappa shape index (κ3) is 5.39.